The van der Waals surface area contributed by atoms with E-state index in [1.54, 1.807) is 0 Å². The van der Waals surface area contributed by atoms with Gasteiger partial charge in [-0.05, 0) is 37.7 Å². The zero-order valence-corrected chi connectivity index (χ0v) is 15.5. The summed E-state index contributed by atoms with van der Waals surface area (Å²) in [4.78, 5) is 11.3. The zero-order chi connectivity index (χ0) is 17.5. The Morgan fingerprint density at radius 3 is 2.68 bits per heavy atom. The Morgan fingerprint density at radius 1 is 1.28 bits per heavy atom. The third-order valence-corrected chi connectivity index (χ3v) is 4.87. The number of likely N-dealkylation sites (tertiary alicyclic amines) is 1. The van der Waals surface area contributed by atoms with Crippen LogP contribution in [0.2, 0.25) is 0 Å². The van der Waals surface area contributed by atoms with Gasteiger partial charge in [0.15, 0.2) is 5.96 Å². The number of aliphatic imine (C=N–C) groups is 1. The predicted molar refractivity (Wildman–Crippen MR) is 101 cm³/mol. The molecule has 138 valence electrons. The molecule has 1 aromatic heterocycles. The molecule has 0 aromatic carbocycles. The second-order valence-electron chi connectivity index (χ2n) is 6.96. The summed E-state index contributed by atoms with van der Waals surface area (Å²) in [7, 11) is 1.83. The van der Waals surface area contributed by atoms with Crippen LogP contribution in [0.5, 0.6) is 5.88 Å². The Morgan fingerprint density at radius 2 is 2.08 bits per heavy atom. The smallest absolute Gasteiger partial charge is 0.213 e. The molecule has 1 aliphatic heterocycles. The van der Waals surface area contributed by atoms with E-state index in [-0.39, 0.29) is 0 Å². The van der Waals surface area contributed by atoms with Crippen molar-refractivity contribution in [3.8, 4) is 5.88 Å². The van der Waals surface area contributed by atoms with Gasteiger partial charge in [0.05, 0.1) is 6.61 Å². The number of ether oxygens (including phenoxy) is 1. The maximum absolute atomic E-state index is 5.52. The molecule has 2 N–H and O–H groups in total. The molecule has 1 aromatic rings. The molecule has 1 saturated carbocycles. The fourth-order valence-corrected chi connectivity index (χ4v) is 3.23. The van der Waals surface area contributed by atoms with Crippen molar-refractivity contribution in [2.45, 2.75) is 57.7 Å². The fraction of sp³-hybridized carbons (Fsp3) is 0.684. The van der Waals surface area contributed by atoms with Gasteiger partial charge in [0.25, 0.3) is 0 Å². The first-order valence-corrected chi connectivity index (χ1v) is 9.57. The molecular formula is C19H31N5O. The van der Waals surface area contributed by atoms with Crippen molar-refractivity contribution in [1.82, 2.24) is 20.5 Å². The molecule has 0 spiro atoms. The number of rotatable bonds is 7. The molecule has 0 atom stereocenters. The van der Waals surface area contributed by atoms with Crippen LogP contribution in [-0.2, 0) is 6.54 Å². The lowest BCUT2D eigenvalue weighted by atomic mass is 10.1. The lowest BCUT2D eigenvalue weighted by Gasteiger charge is -2.33. The summed E-state index contributed by atoms with van der Waals surface area (Å²) in [6, 6.07) is 5.38. The van der Waals surface area contributed by atoms with Gasteiger partial charge in [-0.3, -0.25) is 4.99 Å². The first kappa shape index (κ1) is 18.0. The van der Waals surface area contributed by atoms with Gasteiger partial charge in [-0.25, -0.2) is 4.98 Å². The molecule has 0 unspecified atom stereocenters. The van der Waals surface area contributed by atoms with Gasteiger partial charge >= 0.3 is 0 Å². The highest BCUT2D eigenvalue weighted by Crippen LogP contribution is 2.29. The maximum atomic E-state index is 5.52. The van der Waals surface area contributed by atoms with Crippen molar-refractivity contribution < 1.29 is 4.74 Å². The Balaban J connectivity index is 1.40. The number of aromatic nitrogens is 1. The quantitative estimate of drug-likeness (QED) is 0.586. The van der Waals surface area contributed by atoms with Crippen LogP contribution >= 0.6 is 0 Å². The average Bonchev–Trinajstić information content (AvgIpc) is 3.50. The molecule has 1 aliphatic carbocycles. The van der Waals surface area contributed by atoms with Crippen molar-refractivity contribution >= 4 is 5.96 Å². The molecule has 2 aliphatic rings. The highest BCUT2D eigenvalue weighted by molar-refractivity contribution is 5.79. The van der Waals surface area contributed by atoms with Gasteiger partial charge in [-0.1, -0.05) is 13.0 Å². The summed E-state index contributed by atoms with van der Waals surface area (Å²) in [6.07, 6.45) is 8.05. The van der Waals surface area contributed by atoms with Crippen molar-refractivity contribution in [3.63, 3.8) is 0 Å². The monoisotopic (exact) mass is 345 g/mol. The van der Waals surface area contributed by atoms with Crippen LogP contribution in [0.15, 0.2) is 23.3 Å². The molecule has 3 rings (SSSR count). The minimum atomic E-state index is 0.518. The number of nitrogens with zero attached hydrogens (tertiary/aromatic N) is 3. The number of pyridine rings is 1. The van der Waals surface area contributed by atoms with Gasteiger partial charge in [-0.2, -0.15) is 0 Å². The van der Waals surface area contributed by atoms with Gasteiger partial charge in [0.2, 0.25) is 5.88 Å². The minimum Gasteiger partial charge on any atom is -0.478 e. The molecular weight excluding hydrogens is 314 g/mol. The Kier molecular flexibility index (Phi) is 6.50. The van der Waals surface area contributed by atoms with E-state index in [2.05, 4.69) is 32.4 Å². The van der Waals surface area contributed by atoms with E-state index in [9.17, 15) is 0 Å². The fourth-order valence-electron chi connectivity index (χ4n) is 3.23. The normalized spacial score (nSPS) is 19.7. The van der Waals surface area contributed by atoms with Gasteiger partial charge in [0, 0.05) is 51.0 Å². The van der Waals surface area contributed by atoms with E-state index >= 15 is 0 Å². The molecule has 6 nitrogen and oxygen atoms in total. The van der Waals surface area contributed by atoms with Crippen molar-refractivity contribution in [2.75, 3.05) is 26.7 Å². The number of hydrogen-bond acceptors (Lipinski definition) is 4. The van der Waals surface area contributed by atoms with Crippen LogP contribution < -0.4 is 15.4 Å². The largest absolute Gasteiger partial charge is 0.478 e. The summed E-state index contributed by atoms with van der Waals surface area (Å²) in [5, 5.41) is 6.95. The number of nitrogens with one attached hydrogen (secondary N) is 2. The van der Waals surface area contributed by atoms with Crippen LogP contribution in [0.1, 0.15) is 44.6 Å². The third kappa shape index (κ3) is 5.59. The van der Waals surface area contributed by atoms with Crippen LogP contribution in [0, 0.1) is 0 Å². The highest BCUT2D eigenvalue weighted by atomic mass is 16.5. The number of hydrogen-bond donors (Lipinski definition) is 2. The molecule has 2 heterocycles. The van der Waals surface area contributed by atoms with Crippen molar-refractivity contribution in [3.05, 3.63) is 23.9 Å². The van der Waals surface area contributed by atoms with Gasteiger partial charge in [-0.15, -0.1) is 0 Å². The van der Waals surface area contributed by atoms with Crippen LogP contribution in [-0.4, -0.2) is 54.7 Å². The van der Waals surface area contributed by atoms with Gasteiger partial charge in [0.1, 0.15) is 0 Å². The molecule has 0 amide bonds. The standard InChI is InChI=1S/C19H31N5O/c1-3-12-25-18-7-4-15(13-21-18)14-22-19(20-2)23-16-8-10-24(11-9-16)17-5-6-17/h4,7,13,16-17H,3,5-6,8-12,14H2,1-2H3,(H2,20,22,23). The van der Waals surface area contributed by atoms with Crippen LogP contribution in [0.4, 0.5) is 0 Å². The minimum absolute atomic E-state index is 0.518. The molecule has 0 radical (unpaired) electrons. The summed E-state index contributed by atoms with van der Waals surface area (Å²) in [5.41, 5.74) is 1.12. The van der Waals surface area contributed by atoms with E-state index in [0.717, 1.165) is 24.0 Å². The molecule has 6 heteroatoms. The zero-order valence-electron chi connectivity index (χ0n) is 15.5. The third-order valence-electron chi connectivity index (χ3n) is 4.87. The second-order valence-corrected chi connectivity index (χ2v) is 6.96. The van der Waals surface area contributed by atoms with Crippen molar-refractivity contribution in [2.24, 2.45) is 4.99 Å². The predicted octanol–water partition coefficient (Wildman–Crippen LogP) is 2.16. The van der Waals surface area contributed by atoms with Crippen molar-refractivity contribution in [1.29, 1.82) is 0 Å². The number of piperidine rings is 1. The van der Waals surface area contributed by atoms with E-state index in [1.807, 2.05) is 25.4 Å². The molecule has 0 bridgehead atoms. The Hall–Kier alpha value is -1.82. The van der Waals surface area contributed by atoms with E-state index in [1.165, 1.54) is 38.8 Å². The van der Waals surface area contributed by atoms with E-state index in [0.29, 0.717) is 25.1 Å². The summed E-state index contributed by atoms with van der Waals surface area (Å²) in [5.74, 6) is 1.56. The summed E-state index contributed by atoms with van der Waals surface area (Å²) >= 11 is 0. The van der Waals surface area contributed by atoms with E-state index in [4.69, 9.17) is 4.74 Å². The SMILES string of the molecule is CCCOc1ccc(CNC(=NC)NC2CCN(C3CC3)CC2)cn1. The Labute approximate surface area is 151 Å². The second kappa shape index (κ2) is 9.04. The highest BCUT2D eigenvalue weighted by Gasteiger charge is 2.31. The molecule has 25 heavy (non-hydrogen) atoms. The van der Waals surface area contributed by atoms with Gasteiger partial charge < -0.3 is 20.3 Å². The molecule has 2 fully saturated rings. The lowest BCUT2D eigenvalue weighted by Crippen LogP contribution is -2.48. The first-order chi connectivity index (χ1) is 12.3. The Bertz CT molecular complexity index is 547. The van der Waals surface area contributed by atoms with E-state index < -0.39 is 0 Å². The van der Waals surface area contributed by atoms with Crippen LogP contribution in [0.3, 0.4) is 0 Å². The number of guanidine groups is 1. The topological polar surface area (TPSA) is 61.8 Å². The lowest BCUT2D eigenvalue weighted by molar-refractivity contribution is 0.197. The van der Waals surface area contributed by atoms with Crippen LogP contribution in [0.25, 0.3) is 0 Å². The maximum Gasteiger partial charge on any atom is 0.213 e. The summed E-state index contributed by atoms with van der Waals surface area (Å²) < 4.78 is 5.52. The first-order valence-electron chi connectivity index (χ1n) is 9.57. The average molecular weight is 345 g/mol. The summed E-state index contributed by atoms with van der Waals surface area (Å²) in [6.45, 7) is 5.93. The molecule has 1 saturated heterocycles.